The van der Waals surface area contributed by atoms with Crippen molar-refractivity contribution in [1.82, 2.24) is 4.90 Å². The average Bonchev–Trinajstić information content (AvgIpc) is 2.75. The van der Waals surface area contributed by atoms with Gasteiger partial charge >= 0.3 is 6.61 Å². The first kappa shape index (κ1) is 22.0. The van der Waals surface area contributed by atoms with Crippen molar-refractivity contribution in [2.45, 2.75) is 51.3 Å². The lowest BCUT2D eigenvalue weighted by atomic mass is 9.94. The Morgan fingerprint density at radius 1 is 1.13 bits per heavy atom. The third-order valence-corrected chi connectivity index (χ3v) is 5.53. The van der Waals surface area contributed by atoms with E-state index in [0.717, 1.165) is 17.8 Å². The molecule has 2 aromatic rings. The van der Waals surface area contributed by atoms with Crippen LogP contribution in [0.2, 0.25) is 0 Å². The standard InChI is InChI=1S/C23H28F2N2O3/c1-27(18-9-4-3-5-10-18)15-17-8-6-7-11-19(17)26-22(28)16-12-13-20(30-23(24)25)21(14-16)29-2/h6-8,11-14,18,23H,3-5,9-10,15H2,1-2H3,(H,26,28). The molecule has 1 saturated carbocycles. The van der Waals surface area contributed by atoms with Crippen LogP contribution in [-0.2, 0) is 6.54 Å². The van der Waals surface area contributed by atoms with Crippen molar-refractivity contribution in [3.05, 3.63) is 53.6 Å². The van der Waals surface area contributed by atoms with Crippen LogP contribution in [0.15, 0.2) is 42.5 Å². The van der Waals surface area contributed by atoms with Crippen LogP contribution >= 0.6 is 0 Å². The SMILES string of the molecule is COc1cc(C(=O)Nc2ccccc2CN(C)C2CCCCC2)ccc1OC(F)F. The molecule has 0 aliphatic heterocycles. The molecule has 0 saturated heterocycles. The summed E-state index contributed by atoms with van der Waals surface area (Å²) < 4.78 is 34.5. The van der Waals surface area contributed by atoms with Crippen LogP contribution in [0.1, 0.15) is 48.0 Å². The number of para-hydroxylation sites is 1. The number of carbonyl (C=O) groups excluding carboxylic acids is 1. The van der Waals surface area contributed by atoms with Crippen LogP contribution in [0, 0.1) is 0 Å². The third-order valence-electron chi connectivity index (χ3n) is 5.53. The smallest absolute Gasteiger partial charge is 0.387 e. The van der Waals surface area contributed by atoms with E-state index in [2.05, 4.69) is 22.0 Å². The molecular weight excluding hydrogens is 390 g/mol. The molecule has 3 rings (SSSR count). The lowest BCUT2D eigenvalue weighted by molar-refractivity contribution is -0.0512. The van der Waals surface area contributed by atoms with Crippen LogP contribution in [0.3, 0.4) is 0 Å². The maximum Gasteiger partial charge on any atom is 0.387 e. The number of hydrogen-bond acceptors (Lipinski definition) is 4. The van der Waals surface area contributed by atoms with E-state index in [9.17, 15) is 13.6 Å². The largest absolute Gasteiger partial charge is 0.493 e. The maximum atomic E-state index is 12.8. The molecule has 0 radical (unpaired) electrons. The lowest BCUT2D eigenvalue weighted by Gasteiger charge is -2.31. The zero-order valence-corrected chi connectivity index (χ0v) is 17.4. The number of nitrogens with one attached hydrogen (secondary N) is 1. The highest BCUT2D eigenvalue weighted by molar-refractivity contribution is 6.05. The molecule has 0 spiro atoms. The number of methoxy groups -OCH3 is 1. The number of ether oxygens (including phenoxy) is 2. The Hall–Kier alpha value is -2.67. The van der Waals surface area contributed by atoms with Gasteiger partial charge in [0.15, 0.2) is 11.5 Å². The van der Waals surface area contributed by atoms with Gasteiger partial charge in [0, 0.05) is 23.8 Å². The van der Waals surface area contributed by atoms with Gasteiger partial charge in [-0.15, -0.1) is 0 Å². The Morgan fingerprint density at radius 3 is 2.57 bits per heavy atom. The molecule has 1 aliphatic rings. The number of hydrogen-bond donors (Lipinski definition) is 1. The molecule has 0 unspecified atom stereocenters. The van der Waals surface area contributed by atoms with Crippen molar-refractivity contribution in [1.29, 1.82) is 0 Å². The van der Waals surface area contributed by atoms with E-state index in [1.54, 1.807) is 0 Å². The molecule has 0 atom stereocenters. The van der Waals surface area contributed by atoms with Crippen molar-refractivity contribution in [2.75, 3.05) is 19.5 Å². The van der Waals surface area contributed by atoms with Gasteiger partial charge in [-0.05, 0) is 49.7 Å². The van der Waals surface area contributed by atoms with Gasteiger partial charge in [0.2, 0.25) is 0 Å². The Bertz CT molecular complexity index is 854. The number of alkyl halides is 2. The Kier molecular flexibility index (Phi) is 7.63. The topological polar surface area (TPSA) is 50.8 Å². The number of benzene rings is 2. The molecule has 1 fully saturated rings. The molecule has 1 amide bonds. The Morgan fingerprint density at radius 2 is 1.87 bits per heavy atom. The number of halogens is 2. The average molecular weight is 418 g/mol. The molecule has 30 heavy (non-hydrogen) atoms. The molecule has 0 aromatic heterocycles. The predicted octanol–water partition coefficient (Wildman–Crippen LogP) is 5.31. The summed E-state index contributed by atoms with van der Waals surface area (Å²) in [6.45, 7) is -2.22. The highest BCUT2D eigenvalue weighted by Crippen LogP contribution is 2.30. The molecule has 1 aliphatic carbocycles. The van der Waals surface area contributed by atoms with Gasteiger partial charge in [0.05, 0.1) is 7.11 Å². The number of rotatable bonds is 8. The minimum absolute atomic E-state index is 0.0771. The third kappa shape index (κ3) is 5.69. The molecule has 0 bridgehead atoms. The number of carbonyl (C=O) groups is 1. The van der Waals surface area contributed by atoms with Gasteiger partial charge in [-0.1, -0.05) is 37.5 Å². The second-order valence-corrected chi connectivity index (χ2v) is 7.56. The van der Waals surface area contributed by atoms with Crippen LogP contribution in [0.25, 0.3) is 0 Å². The van der Waals surface area contributed by atoms with Gasteiger partial charge < -0.3 is 14.8 Å². The summed E-state index contributed by atoms with van der Waals surface area (Å²) in [6, 6.07) is 12.4. The van der Waals surface area contributed by atoms with E-state index < -0.39 is 6.61 Å². The van der Waals surface area contributed by atoms with Crippen LogP contribution in [-0.4, -0.2) is 37.6 Å². The van der Waals surface area contributed by atoms with Crippen LogP contribution in [0.5, 0.6) is 11.5 Å². The number of amides is 1. The van der Waals surface area contributed by atoms with Gasteiger partial charge in [0.1, 0.15) is 0 Å². The van der Waals surface area contributed by atoms with E-state index in [-0.39, 0.29) is 17.4 Å². The van der Waals surface area contributed by atoms with E-state index in [1.165, 1.54) is 57.4 Å². The van der Waals surface area contributed by atoms with E-state index >= 15 is 0 Å². The Balaban J connectivity index is 1.72. The molecule has 7 heteroatoms. The minimum atomic E-state index is -2.97. The fourth-order valence-electron chi connectivity index (χ4n) is 3.90. The summed E-state index contributed by atoms with van der Waals surface area (Å²) in [4.78, 5) is 15.1. The van der Waals surface area contributed by atoms with Crippen molar-refractivity contribution in [3.63, 3.8) is 0 Å². The molecule has 162 valence electrons. The second kappa shape index (κ2) is 10.4. The molecular formula is C23H28F2N2O3. The molecule has 0 heterocycles. The van der Waals surface area contributed by atoms with E-state index in [4.69, 9.17) is 4.74 Å². The molecule has 2 aromatic carbocycles. The van der Waals surface area contributed by atoms with Crippen LogP contribution < -0.4 is 14.8 Å². The summed E-state index contributed by atoms with van der Waals surface area (Å²) >= 11 is 0. The van der Waals surface area contributed by atoms with Crippen molar-refractivity contribution < 1.29 is 23.0 Å². The molecule has 1 N–H and O–H groups in total. The highest BCUT2D eigenvalue weighted by Gasteiger charge is 2.20. The van der Waals surface area contributed by atoms with Gasteiger partial charge in [-0.2, -0.15) is 8.78 Å². The highest BCUT2D eigenvalue weighted by atomic mass is 19.3. The first-order valence-electron chi connectivity index (χ1n) is 10.2. The first-order chi connectivity index (χ1) is 14.5. The summed E-state index contributed by atoms with van der Waals surface area (Å²) in [5, 5.41) is 2.94. The summed E-state index contributed by atoms with van der Waals surface area (Å²) in [7, 11) is 3.47. The van der Waals surface area contributed by atoms with E-state index in [0.29, 0.717) is 11.6 Å². The van der Waals surface area contributed by atoms with Crippen molar-refractivity contribution in [3.8, 4) is 11.5 Å². The monoisotopic (exact) mass is 418 g/mol. The first-order valence-corrected chi connectivity index (χ1v) is 10.2. The van der Waals surface area contributed by atoms with Crippen LogP contribution in [0.4, 0.5) is 14.5 Å². The fraction of sp³-hybridized carbons (Fsp3) is 0.435. The summed E-state index contributed by atoms with van der Waals surface area (Å²) in [5.41, 5.74) is 2.06. The van der Waals surface area contributed by atoms with E-state index in [1.807, 2.05) is 24.3 Å². The zero-order chi connectivity index (χ0) is 21.5. The quantitative estimate of drug-likeness (QED) is 0.631. The number of nitrogens with zero attached hydrogens (tertiary/aromatic N) is 1. The normalized spacial score (nSPS) is 14.7. The number of anilines is 1. The zero-order valence-electron chi connectivity index (χ0n) is 17.4. The summed E-state index contributed by atoms with van der Waals surface area (Å²) in [6.07, 6.45) is 6.25. The second-order valence-electron chi connectivity index (χ2n) is 7.56. The summed E-state index contributed by atoms with van der Waals surface area (Å²) in [5.74, 6) is -0.378. The molecule has 5 nitrogen and oxygen atoms in total. The lowest BCUT2D eigenvalue weighted by Crippen LogP contribution is -2.33. The Labute approximate surface area is 176 Å². The minimum Gasteiger partial charge on any atom is -0.493 e. The van der Waals surface area contributed by atoms with Gasteiger partial charge in [-0.3, -0.25) is 9.69 Å². The van der Waals surface area contributed by atoms with Gasteiger partial charge in [0.25, 0.3) is 5.91 Å². The fourth-order valence-corrected chi connectivity index (χ4v) is 3.90. The maximum absolute atomic E-state index is 12.8. The predicted molar refractivity (Wildman–Crippen MR) is 112 cm³/mol. The van der Waals surface area contributed by atoms with Crippen molar-refractivity contribution >= 4 is 11.6 Å². The van der Waals surface area contributed by atoms with Gasteiger partial charge in [-0.25, -0.2) is 0 Å². The van der Waals surface area contributed by atoms with Crippen molar-refractivity contribution in [2.24, 2.45) is 0 Å².